The Kier molecular flexibility index (Phi) is 8.83. The van der Waals surface area contributed by atoms with Crippen LogP contribution < -0.4 is 26.4 Å². The Balaban J connectivity index is 2.09. The smallest absolute Gasteiger partial charge is 0.315 e. The zero-order valence-electron chi connectivity index (χ0n) is 17.6. The number of aliphatic hydroxyl groups excluding tert-OH is 2. The molecule has 0 aliphatic heterocycles. The molecule has 31 heavy (non-hydrogen) atoms. The number of rotatable bonds is 9. The molecule has 4 atom stereocenters. The largest absolute Gasteiger partial charge is 0.497 e. The summed E-state index contributed by atoms with van der Waals surface area (Å²) in [4.78, 5) is 36.5. The number of primary amides is 1. The van der Waals surface area contributed by atoms with Crippen molar-refractivity contribution in [1.29, 1.82) is 0 Å². The van der Waals surface area contributed by atoms with Crippen molar-refractivity contribution in [1.82, 2.24) is 16.0 Å². The van der Waals surface area contributed by atoms with Crippen LogP contribution in [0.1, 0.15) is 25.3 Å². The van der Waals surface area contributed by atoms with Gasteiger partial charge in [-0.2, -0.15) is 0 Å². The molecule has 1 aliphatic rings. The van der Waals surface area contributed by atoms with Gasteiger partial charge in [0, 0.05) is 25.0 Å². The zero-order chi connectivity index (χ0) is 23.0. The molecule has 0 radical (unpaired) electrons. The van der Waals surface area contributed by atoms with E-state index >= 15 is 0 Å². The molecule has 10 heteroatoms. The molecule has 4 unspecified atom stereocenters. The number of urea groups is 1. The molecule has 2 rings (SSSR count). The molecule has 1 aromatic rings. The lowest BCUT2D eigenvalue weighted by atomic mass is 9.90. The highest BCUT2D eigenvalue weighted by Crippen LogP contribution is 2.20. The van der Waals surface area contributed by atoms with Crippen LogP contribution >= 0.6 is 0 Å². The van der Waals surface area contributed by atoms with E-state index in [1.807, 2.05) is 6.92 Å². The Morgan fingerprint density at radius 3 is 2.48 bits per heavy atom. The van der Waals surface area contributed by atoms with E-state index in [1.54, 1.807) is 31.4 Å². The predicted octanol–water partition coefficient (Wildman–Crippen LogP) is -0.662. The SMILES string of the molecule is CCCNC(=O)NC1C=C(C(=O)NC(Cc2ccc(OC)cc2)C(N)=O)CC(O)C1O. The Morgan fingerprint density at radius 1 is 1.23 bits per heavy atom. The minimum Gasteiger partial charge on any atom is -0.497 e. The number of benzene rings is 1. The van der Waals surface area contributed by atoms with Crippen LogP contribution in [0.5, 0.6) is 5.75 Å². The van der Waals surface area contributed by atoms with Gasteiger partial charge in [-0.15, -0.1) is 0 Å². The predicted molar refractivity (Wildman–Crippen MR) is 113 cm³/mol. The molecule has 0 bridgehead atoms. The van der Waals surface area contributed by atoms with Gasteiger partial charge in [-0.1, -0.05) is 25.1 Å². The number of amides is 4. The lowest BCUT2D eigenvalue weighted by Gasteiger charge is -2.31. The van der Waals surface area contributed by atoms with Crippen LogP contribution in [0.4, 0.5) is 4.79 Å². The first-order chi connectivity index (χ1) is 14.7. The van der Waals surface area contributed by atoms with Crippen molar-refractivity contribution in [2.45, 2.75) is 50.5 Å². The maximum absolute atomic E-state index is 12.7. The highest BCUT2D eigenvalue weighted by molar-refractivity contribution is 5.97. The topological polar surface area (TPSA) is 163 Å². The Hall–Kier alpha value is -3.11. The highest BCUT2D eigenvalue weighted by atomic mass is 16.5. The minimum atomic E-state index is -1.27. The third kappa shape index (κ3) is 6.97. The molecule has 0 heterocycles. The van der Waals surface area contributed by atoms with Gasteiger partial charge < -0.3 is 36.6 Å². The van der Waals surface area contributed by atoms with Gasteiger partial charge in [-0.3, -0.25) is 9.59 Å². The fraction of sp³-hybridized carbons (Fsp3) is 0.476. The Labute approximate surface area is 180 Å². The van der Waals surface area contributed by atoms with E-state index in [9.17, 15) is 24.6 Å². The maximum atomic E-state index is 12.7. The van der Waals surface area contributed by atoms with Gasteiger partial charge in [0.25, 0.3) is 0 Å². The third-order valence-electron chi connectivity index (χ3n) is 4.94. The van der Waals surface area contributed by atoms with Crippen LogP contribution in [0.2, 0.25) is 0 Å². The summed E-state index contributed by atoms with van der Waals surface area (Å²) < 4.78 is 5.10. The van der Waals surface area contributed by atoms with Gasteiger partial charge in [0.05, 0.1) is 19.3 Å². The molecular formula is C21H30N4O6. The van der Waals surface area contributed by atoms with E-state index in [1.165, 1.54) is 6.08 Å². The first kappa shape index (κ1) is 24.2. The third-order valence-corrected chi connectivity index (χ3v) is 4.94. The lowest BCUT2D eigenvalue weighted by Crippen LogP contribution is -2.54. The number of methoxy groups -OCH3 is 1. The van der Waals surface area contributed by atoms with Crippen molar-refractivity contribution in [3.05, 3.63) is 41.5 Å². The standard InChI is InChI=1S/C21H30N4O6/c1-3-8-23-21(30)25-15-10-13(11-17(26)18(15)27)20(29)24-16(19(22)28)9-12-4-6-14(31-2)7-5-12/h4-7,10,15-18,26-27H,3,8-9,11H2,1-2H3,(H2,22,28)(H,24,29)(H2,23,25,30). The number of hydrogen-bond acceptors (Lipinski definition) is 6. The molecule has 1 aliphatic carbocycles. The van der Waals surface area contributed by atoms with Crippen molar-refractivity contribution in [3.8, 4) is 5.75 Å². The first-order valence-electron chi connectivity index (χ1n) is 10.1. The maximum Gasteiger partial charge on any atom is 0.315 e. The lowest BCUT2D eigenvalue weighted by molar-refractivity contribution is -0.125. The van der Waals surface area contributed by atoms with Crippen LogP contribution in [-0.4, -0.2) is 66.0 Å². The minimum absolute atomic E-state index is 0.129. The molecule has 1 aromatic carbocycles. The van der Waals surface area contributed by atoms with Crippen LogP contribution in [0.3, 0.4) is 0 Å². The molecule has 0 aromatic heterocycles. The summed E-state index contributed by atoms with van der Waals surface area (Å²) in [5, 5.41) is 28.0. The number of carbonyl (C=O) groups is 3. The van der Waals surface area contributed by atoms with Crippen LogP contribution in [-0.2, 0) is 16.0 Å². The summed E-state index contributed by atoms with van der Waals surface area (Å²) in [6, 6.07) is 4.52. The van der Waals surface area contributed by atoms with Gasteiger partial charge in [0.1, 0.15) is 17.9 Å². The number of nitrogens with two attached hydrogens (primary N) is 1. The molecule has 7 N–H and O–H groups in total. The second-order valence-corrected chi connectivity index (χ2v) is 7.36. The van der Waals surface area contributed by atoms with Crippen LogP contribution in [0.15, 0.2) is 35.9 Å². The molecule has 0 spiro atoms. The summed E-state index contributed by atoms with van der Waals surface area (Å²) in [5.41, 5.74) is 6.36. The fourth-order valence-corrected chi connectivity index (χ4v) is 3.18. The van der Waals surface area contributed by atoms with E-state index in [0.29, 0.717) is 12.3 Å². The monoisotopic (exact) mass is 434 g/mol. The van der Waals surface area contributed by atoms with Crippen LogP contribution in [0, 0.1) is 0 Å². The summed E-state index contributed by atoms with van der Waals surface area (Å²) >= 11 is 0. The normalized spacial score (nSPS) is 21.4. The van der Waals surface area contributed by atoms with Crippen molar-refractivity contribution in [2.75, 3.05) is 13.7 Å². The number of carbonyl (C=O) groups excluding carboxylic acids is 3. The number of aliphatic hydroxyl groups is 2. The Bertz CT molecular complexity index is 811. The van der Waals surface area contributed by atoms with Gasteiger partial charge in [-0.25, -0.2) is 4.79 Å². The van der Waals surface area contributed by atoms with E-state index in [4.69, 9.17) is 10.5 Å². The number of nitrogens with one attached hydrogen (secondary N) is 3. The van der Waals surface area contributed by atoms with Gasteiger partial charge in [0.15, 0.2) is 0 Å². The van der Waals surface area contributed by atoms with Crippen LogP contribution in [0.25, 0.3) is 0 Å². The van der Waals surface area contributed by atoms with E-state index in [-0.39, 0.29) is 18.4 Å². The summed E-state index contributed by atoms with van der Waals surface area (Å²) in [7, 11) is 1.54. The van der Waals surface area contributed by atoms with Crippen molar-refractivity contribution < 1.29 is 29.3 Å². The van der Waals surface area contributed by atoms with Crippen molar-refractivity contribution >= 4 is 17.8 Å². The fourth-order valence-electron chi connectivity index (χ4n) is 3.18. The quantitative estimate of drug-likeness (QED) is 0.302. The average molecular weight is 434 g/mol. The second kappa shape index (κ2) is 11.3. The summed E-state index contributed by atoms with van der Waals surface area (Å²) in [5.74, 6) is -0.663. The first-order valence-corrected chi connectivity index (χ1v) is 10.1. The van der Waals surface area contributed by atoms with E-state index < -0.39 is 42.1 Å². The second-order valence-electron chi connectivity index (χ2n) is 7.36. The van der Waals surface area contributed by atoms with Crippen molar-refractivity contribution in [2.24, 2.45) is 5.73 Å². The molecule has 0 saturated heterocycles. The average Bonchev–Trinajstić information content (AvgIpc) is 2.75. The van der Waals surface area contributed by atoms with E-state index in [0.717, 1.165) is 12.0 Å². The summed E-state index contributed by atoms with van der Waals surface area (Å²) in [6.07, 6.45) is -0.370. The summed E-state index contributed by atoms with van der Waals surface area (Å²) in [6.45, 7) is 2.34. The zero-order valence-corrected chi connectivity index (χ0v) is 17.6. The molecule has 0 fully saturated rings. The van der Waals surface area contributed by atoms with Gasteiger partial charge >= 0.3 is 6.03 Å². The Morgan fingerprint density at radius 2 is 1.90 bits per heavy atom. The van der Waals surface area contributed by atoms with Gasteiger partial charge in [-0.05, 0) is 24.1 Å². The molecule has 4 amide bonds. The number of ether oxygens (including phenoxy) is 1. The molecular weight excluding hydrogens is 404 g/mol. The van der Waals surface area contributed by atoms with Crippen molar-refractivity contribution in [3.63, 3.8) is 0 Å². The highest BCUT2D eigenvalue weighted by Gasteiger charge is 2.34. The molecule has 10 nitrogen and oxygen atoms in total. The number of hydrogen-bond donors (Lipinski definition) is 6. The van der Waals surface area contributed by atoms with E-state index in [2.05, 4.69) is 16.0 Å². The molecule has 170 valence electrons. The molecule has 0 saturated carbocycles. The van der Waals surface area contributed by atoms with Gasteiger partial charge in [0.2, 0.25) is 11.8 Å².